The van der Waals surface area contributed by atoms with Crippen LogP contribution in [0.3, 0.4) is 0 Å². The molecule has 2 aromatic carbocycles. The molecule has 0 saturated carbocycles. The summed E-state index contributed by atoms with van der Waals surface area (Å²) >= 11 is 3.47. The number of rotatable bonds is 6. The number of hydrogen-bond acceptors (Lipinski definition) is 4. The topological polar surface area (TPSA) is 71.3 Å². The van der Waals surface area contributed by atoms with Crippen molar-refractivity contribution >= 4 is 33.6 Å². The van der Waals surface area contributed by atoms with E-state index in [2.05, 4.69) is 21.2 Å². The Morgan fingerprint density at radius 1 is 1.25 bits per heavy atom. The maximum absolute atomic E-state index is 12.6. The molecule has 0 saturated heterocycles. The number of hydrogen-bond donors (Lipinski definition) is 1. The summed E-state index contributed by atoms with van der Waals surface area (Å²) in [6.45, 7) is 7.74. The molecule has 146 valence electrons. The number of methoxy groups -OCH3 is 1. The van der Waals surface area contributed by atoms with Crippen molar-refractivity contribution in [2.24, 2.45) is 0 Å². The van der Waals surface area contributed by atoms with Gasteiger partial charge in [0.2, 0.25) is 0 Å². The molecule has 0 bridgehead atoms. The molecule has 0 aliphatic carbocycles. The van der Waals surface area contributed by atoms with Gasteiger partial charge in [-0.05, 0) is 79.0 Å². The quantitative estimate of drug-likeness (QED) is 0.479. The van der Waals surface area contributed by atoms with Crippen LogP contribution in [0.5, 0.6) is 11.5 Å². The molecule has 5 nitrogen and oxygen atoms in total. The zero-order chi connectivity index (χ0) is 20.8. The second kappa shape index (κ2) is 9.43. The summed E-state index contributed by atoms with van der Waals surface area (Å²) in [4.78, 5) is 12.6. The molecule has 0 fully saturated rings. The summed E-state index contributed by atoms with van der Waals surface area (Å²) in [6.07, 6.45) is 1.50. The molecule has 0 aliphatic heterocycles. The van der Waals surface area contributed by atoms with Gasteiger partial charge in [0.25, 0.3) is 5.91 Å². The zero-order valence-corrected chi connectivity index (χ0v) is 18.2. The van der Waals surface area contributed by atoms with Crippen molar-refractivity contribution in [2.45, 2.75) is 33.8 Å². The Morgan fingerprint density at radius 3 is 2.54 bits per heavy atom. The van der Waals surface area contributed by atoms with Gasteiger partial charge in [-0.3, -0.25) is 4.79 Å². The lowest BCUT2D eigenvalue weighted by atomic mass is 10.1. The molecule has 1 N–H and O–H groups in total. The molecule has 0 heterocycles. The Morgan fingerprint density at radius 2 is 1.96 bits per heavy atom. The van der Waals surface area contributed by atoms with Crippen molar-refractivity contribution in [3.63, 3.8) is 0 Å². The van der Waals surface area contributed by atoms with Gasteiger partial charge in [-0.1, -0.05) is 17.7 Å². The molecule has 2 aromatic rings. The van der Waals surface area contributed by atoms with Crippen molar-refractivity contribution in [3.05, 3.63) is 57.1 Å². The predicted octanol–water partition coefficient (Wildman–Crippen LogP) is 5.41. The Kier molecular flexibility index (Phi) is 7.24. The highest BCUT2D eigenvalue weighted by molar-refractivity contribution is 9.10. The van der Waals surface area contributed by atoms with E-state index in [1.165, 1.54) is 6.08 Å². The molecule has 0 unspecified atom stereocenters. The number of nitriles is 1. The number of aryl methyl sites for hydroxylation is 2. The van der Waals surface area contributed by atoms with E-state index in [1.807, 2.05) is 52.0 Å². The number of carbonyl (C=O) groups is 1. The van der Waals surface area contributed by atoms with Gasteiger partial charge in [0, 0.05) is 5.69 Å². The highest BCUT2D eigenvalue weighted by atomic mass is 79.9. The Bertz CT molecular complexity index is 959. The normalized spacial score (nSPS) is 11.1. The van der Waals surface area contributed by atoms with E-state index in [1.54, 1.807) is 19.2 Å². The third-order valence-corrected chi connectivity index (χ3v) is 4.50. The van der Waals surface area contributed by atoms with Gasteiger partial charge < -0.3 is 14.8 Å². The van der Waals surface area contributed by atoms with Crippen LogP contribution in [-0.4, -0.2) is 19.1 Å². The number of carbonyl (C=O) groups excluding carboxylic acids is 1. The lowest BCUT2D eigenvalue weighted by molar-refractivity contribution is -0.112. The summed E-state index contributed by atoms with van der Waals surface area (Å²) in [7, 11) is 1.54. The highest BCUT2D eigenvalue weighted by Crippen LogP contribution is 2.38. The van der Waals surface area contributed by atoms with Crippen LogP contribution < -0.4 is 14.8 Å². The molecule has 0 radical (unpaired) electrons. The van der Waals surface area contributed by atoms with Crippen molar-refractivity contribution in [3.8, 4) is 17.6 Å². The summed E-state index contributed by atoms with van der Waals surface area (Å²) in [6, 6.07) is 11.2. The minimum atomic E-state index is -0.466. The fourth-order valence-electron chi connectivity index (χ4n) is 2.63. The molecule has 6 heteroatoms. The minimum absolute atomic E-state index is 0.00791. The first-order chi connectivity index (χ1) is 13.2. The fraction of sp³-hybridized carbons (Fsp3) is 0.273. The summed E-state index contributed by atoms with van der Waals surface area (Å²) in [5.74, 6) is 0.626. The number of nitrogens with one attached hydrogen (secondary N) is 1. The third kappa shape index (κ3) is 5.37. The van der Waals surface area contributed by atoms with Crippen LogP contribution >= 0.6 is 15.9 Å². The lowest BCUT2D eigenvalue weighted by Crippen LogP contribution is -2.14. The lowest BCUT2D eigenvalue weighted by Gasteiger charge is -2.16. The largest absolute Gasteiger partial charge is 0.493 e. The molecule has 1 amide bonds. The monoisotopic (exact) mass is 442 g/mol. The number of anilines is 1. The van der Waals surface area contributed by atoms with Crippen LogP contribution in [0.2, 0.25) is 0 Å². The Labute approximate surface area is 174 Å². The Balaban J connectivity index is 2.34. The smallest absolute Gasteiger partial charge is 0.266 e. The van der Waals surface area contributed by atoms with E-state index >= 15 is 0 Å². The first kappa shape index (κ1) is 21.5. The first-order valence-corrected chi connectivity index (χ1v) is 9.59. The number of amides is 1. The zero-order valence-electron chi connectivity index (χ0n) is 16.6. The number of halogens is 1. The van der Waals surface area contributed by atoms with Crippen LogP contribution in [0.15, 0.2) is 40.4 Å². The number of benzene rings is 2. The van der Waals surface area contributed by atoms with Gasteiger partial charge in [-0.2, -0.15) is 5.26 Å². The summed E-state index contributed by atoms with van der Waals surface area (Å²) in [5.41, 5.74) is 3.35. The molecule has 2 rings (SSSR count). The SMILES string of the molecule is COc1cc(/C=C(\C#N)C(=O)Nc2ccc(C)cc2C)cc(Br)c1OC(C)C. The maximum atomic E-state index is 12.6. The van der Waals surface area contributed by atoms with E-state index in [0.717, 1.165) is 11.1 Å². The Hall–Kier alpha value is -2.78. The first-order valence-electron chi connectivity index (χ1n) is 8.79. The predicted molar refractivity (Wildman–Crippen MR) is 115 cm³/mol. The van der Waals surface area contributed by atoms with Crippen molar-refractivity contribution in [1.82, 2.24) is 0 Å². The van der Waals surface area contributed by atoms with Crippen LogP contribution in [0.25, 0.3) is 6.08 Å². The van der Waals surface area contributed by atoms with E-state index in [0.29, 0.717) is 27.2 Å². The maximum Gasteiger partial charge on any atom is 0.266 e. The second-order valence-electron chi connectivity index (χ2n) is 6.64. The molecular formula is C22H23BrN2O3. The fourth-order valence-corrected chi connectivity index (χ4v) is 3.19. The third-order valence-electron chi connectivity index (χ3n) is 3.91. The van der Waals surface area contributed by atoms with Gasteiger partial charge in [0.1, 0.15) is 11.6 Å². The van der Waals surface area contributed by atoms with Crippen molar-refractivity contribution in [1.29, 1.82) is 5.26 Å². The molecule has 0 atom stereocenters. The van der Waals surface area contributed by atoms with E-state index in [-0.39, 0.29) is 11.7 Å². The van der Waals surface area contributed by atoms with Gasteiger partial charge in [-0.15, -0.1) is 0 Å². The van der Waals surface area contributed by atoms with Gasteiger partial charge >= 0.3 is 0 Å². The van der Waals surface area contributed by atoms with Crippen molar-refractivity contribution in [2.75, 3.05) is 12.4 Å². The van der Waals surface area contributed by atoms with Crippen molar-refractivity contribution < 1.29 is 14.3 Å². The standard InChI is InChI=1S/C22H23BrN2O3/c1-13(2)28-21-18(23)10-16(11-20(21)27-5)9-17(12-24)22(26)25-19-7-6-14(3)8-15(19)4/h6-11,13H,1-5H3,(H,25,26)/b17-9+. The molecule has 0 aliphatic rings. The van der Waals surface area contributed by atoms with E-state index < -0.39 is 5.91 Å². The average molecular weight is 443 g/mol. The molecule has 0 spiro atoms. The van der Waals surface area contributed by atoms with E-state index in [9.17, 15) is 10.1 Å². The molecule has 28 heavy (non-hydrogen) atoms. The summed E-state index contributed by atoms with van der Waals surface area (Å²) in [5, 5.41) is 12.3. The second-order valence-corrected chi connectivity index (χ2v) is 7.50. The number of nitrogens with zero attached hydrogens (tertiary/aromatic N) is 1. The van der Waals surface area contributed by atoms with Crippen LogP contribution in [-0.2, 0) is 4.79 Å². The van der Waals surface area contributed by atoms with Crippen LogP contribution in [0.1, 0.15) is 30.5 Å². The van der Waals surface area contributed by atoms with Gasteiger partial charge in [0.15, 0.2) is 11.5 Å². The van der Waals surface area contributed by atoms with Gasteiger partial charge in [-0.25, -0.2) is 0 Å². The van der Waals surface area contributed by atoms with E-state index in [4.69, 9.17) is 9.47 Å². The number of ether oxygens (including phenoxy) is 2. The van der Waals surface area contributed by atoms with Crippen LogP contribution in [0.4, 0.5) is 5.69 Å². The van der Waals surface area contributed by atoms with Crippen LogP contribution in [0, 0.1) is 25.2 Å². The summed E-state index contributed by atoms with van der Waals surface area (Å²) < 4.78 is 11.8. The average Bonchev–Trinajstić information content (AvgIpc) is 2.63. The molecular weight excluding hydrogens is 420 g/mol. The molecule has 0 aromatic heterocycles. The minimum Gasteiger partial charge on any atom is -0.493 e. The highest BCUT2D eigenvalue weighted by Gasteiger charge is 2.15. The van der Waals surface area contributed by atoms with Gasteiger partial charge in [0.05, 0.1) is 17.7 Å².